The topological polar surface area (TPSA) is 70.6 Å². The number of aryl methyl sites for hydroxylation is 1. The Morgan fingerprint density at radius 3 is 2.26 bits per heavy atom. The Hall–Kier alpha value is -3.26. The number of nitrogens with zero attached hydrogens (tertiary/aromatic N) is 3. The molecule has 1 aliphatic heterocycles. The first-order valence-corrected chi connectivity index (χ1v) is 13.1. The summed E-state index contributed by atoms with van der Waals surface area (Å²) in [6.45, 7) is 3.16. The summed E-state index contributed by atoms with van der Waals surface area (Å²) in [5, 5.41) is 2.31. The predicted molar refractivity (Wildman–Crippen MR) is 138 cm³/mol. The number of carbonyl (C=O) groups excluding carboxylic acids is 1. The lowest BCUT2D eigenvalue weighted by Crippen LogP contribution is -2.50. The highest BCUT2D eigenvalue weighted by Crippen LogP contribution is 2.27. The van der Waals surface area contributed by atoms with Crippen molar-refractivity contribution >= 4 is 38.3 Å². The molecule has 0 saturated carbocycles. The third-order valence-electron chi connectivity index (χ3n) is 6.40. The largest absolute Gasteiger partial charge is 0.336 e. The Morgan fingerprint density at radius 2 is 1.54 bits per heavy atom. The second-order valence-corrected chi connectivity index (χ2v) is 11.0. The summed E-state index contributed by atoms with van der Waals surface area (Å²) in [5.41, 5.74) is 3.70. The summed E-state index contributed by atoms with van der Waals surface area (Å²) in [6.07, 6.45) is 3.49. The van der Waals surface area contributed by atoms with Crippen LogP contribution in [0.25, 0.3) is 21.9 Å². The number of aromatic nitrogens is 1. The van der Waals surface area contributed by atoms with Crippen molar-refractivity contribution in [2.45, 2.75) is 11.8 Å². The zero-order chi connectivity index (χ0) is 24.6. The van der Waals surface area contributed by atoms with E-state index in [1.807, 2.05) is 49.4 Å². The number of halogens is 1. The van der Waals surface area contributed by atoms with Gasteiger partial charge in [-0.25, -0.2) is 8.42 Å². The lowest BCUT2D eigenvalue weighted by Gasteiger charge is -2.34. The van der Waals surface area contributed by atoms with Crippen molar-refractivity contribution in [2.24, 2.45) is 0 Å². The molecule has 1 saturated heterocycles. The van der Waals surface area contributed by atoms with Gasteiger partial charge in [-0.05, 0) is 82.9 Å². The molecule has 1 fully saturated rings. The zero-order valence-electron chi connectivity index (χ0n) is 19.2. The maximum Gasteiger partial charge on any atom is 0.253 e. The standard InChI is InChI=1S/C27H24ClN3O3S/c1-19-16-23(4-7-26(19)20-8-10-29-11-9-20)27(32)30-12-14-31(15-13-30)35(33,34)25-6-3-21-17-24(28)5-2-22(21)18-25/h2-11,16-18H,12-15H2,1H3. The fourth-order valence-corrected chi connectivity index (χ4v) is 6.11. The second kappa shape index (κ2) is 9.41. The monoisotopic (exact) mass is 505 g/mol. The summed E-state index contributed by atoms with van der Waals surface area (Å²) in [6, 6.07) is 20.0. The molecule has 3 aromatic carbocycles. The Labute approximate surface area is 209 Å². The van der Waals surface area contributed by atoms with Crippen molar-refractivity contribution in [2.75, 3.05) is 26.2 Å². The number of carbonyl (C=O) groups is 1. The van der Waals surface area contributed by atoms with Crippen LogP contribution in [0.15, 0.2) is 84.0 Å². The molecule has 4 aromatic rings. The minimum absolute atomic E-state index is 0.0889. The van der Waals surface area contributed by atoms with E-state index in [1.54, 1.807) is 41.6 Å². The Kier molecular flexibility index (Phi) is 6.32. The van der Waals surface area contributed by atoms with Crippen LogP contribution in [0.2, 0.25) is 5.02 Å². The van der Waals surface area contributed by atoms with Gasteiger partial charge < -0.3 is 4.90 Å². The minimum atomic E-state index is -3.66. The van der Waals surface area contributed by atoms with Crippen LogP contribution in [0, 0.1) is 6.92 Å². The maximum atomic E-state index is 13.3. The highest BCUT2D eigenvalue weighted by atomic mass is 35.5. The van der Waals surface area contributed by atoms with Crippen molar-refractivity contribution in [3.8, 4) is 11.1 Å². The number of amides is 1. The summed E-state index contributed by atoms with van der Waals surface area (Å²) in [5.74, 6) is -0.0889. The first-order chi connectivity index (χ1) is 16.8. The van der Waals surface area contributed by atoms with Crippen LogP contribution in [0.3, 0.4) is 0 Å². The molecule has 0 atom stereocenters. The second-order valence-electron chi connectivity index (χ2n) is 8.62. The van der Waals surface area contributed by atoms with E-state index in [1.165, 1.54) is 4.31 Å². The van der Waals surface area contributed by atoms with Gasteiger partial charge >= 0.3 is 0 Å². The first kappa shape index (κ1) is 23.5. The highest BCUT2D eigenvalue weighted by Gasteiger charge is 2.30. The van der Waals surface area contributed by atoms with Gasteiger partial charge in [-0.2, -0.15) is 4.31 Å². The Balaban J connectivity index is 1.29. The van der Waals surface area contributed by atoms with E-state index in [-0.39, 0.29) is 23.9 Å². The van der Waals surface area contributed by atoms with Crippen LogP contribution in [0.5, 0.6) is 0 Å². The summed E-state index contributed by atoms with van der Waals surface area (Å²) in [4.78, 5) is 19.2. The number of hydrogen-bond donors (Lipinski definition) is 0. The maximum absolute atomic E-state index is 13.3. The highest BCUT2D eigenvalue weighted by molar-refractivity contribution is 7.89. The number of hydrogen-bond acceptors (Lipinski definition) is 4. The number of sulfonamides is 1. The van der Waals surface area contributed by atoms with Gasteiger partial charge in [0.1, 0.15) is 0 Å². The molecule has 0 bridgehead atoms. The average Bonchev–Trinajstić information content (AvgIpc) is 2.88. The van der Waals surface area contributed by atoms with Gasteiger partial charge in [0.25, 0.3) is 5.91 Å². The van der Waals surface area contributed by atoms with E-state index < -0.39 is 10.0 Å². The van der Waals surface area contributed by atoms with Gasteiger partial charge in [0, 0.05) is 49.2 Å². The SMILES string of the molecule is Cc1cc(C(=O)N2CCN(S(=O)(=O)c3ccc4cc(Cl)ccc4c3)CC2)ccc1-c1ccncc1. The molecule has 1 aliphatic rings. The lowest BCUT2D eigenvalue weighted by atomic mass is 9.99. The van der Waals surface area contributed by atoms with E-state index in [2.05, 4.69) is 4.98 Å². The van der Waals surface area contributed by atoms with E-state index in [4.69, 9.17) is 11.6 Å². The van der Waals surface area contributed by atoms with Crippen LogP contribution >= 0.6 is 11.6 Å². The lowest BCUT2D eigenvalue weighted by molar-refractivity contribution is 0.0698. The predicted octanol–water partition coefficient (Wildman–Crippen LogP) is 5.01. The molecule has 178 valence electrons. The van der Waals surface area contributed by atoms with Gasteiger partial charge in [0.2, 0.25) is 10.0 Å². The van der Waals surface area contributed by atoms with Crippen LogP contribution in [0.1, 0.15) is 15.9 Å². The molecule has 6 nitrogen and oxygen atoms in total. The summed E-state index contributed by atoms with van der Waals surface area (Å²) in [7, 11) is -3.66. The van der Waals surface area contributed by atoms with Gasteiger partial charge in [-0.1, -0.05) is 29.8 Å². The zero-order valence-corrected chi connectivity index (χ0v) is 20.8. The van der Waals surface area contributed by atoms with Crippen LogP contribution in [0.4, 0.5) is 0 Å². The molecular weight excluding hydrogens is 482 g/mol. The van der Waals surface area contributed by atoms with Crippen molar-refractivity contribution in [3.63, 3.8) is 0 Å². The third-order valence-corrected chi connectivity index (χ3v) is 8.53. The van der Waals surface area contributed by atoms with Gasteiger partial charge in [-0.15, -0.1) is 0 Å². The van der Waals surface area contributed by atoms with Gasteiger partial charge in [0.05, 0.1) is 4.90 Å². The molecule has 2 heterocycles. The van der Waals surface area contributed by atoms with Crippen molar-refractivity contribution < 1.29 is 13.2 Å². The molecule has 0 spiro atoms. The Bertz CT molecular complexity index is 1520. The molecule has 8 heteroatoms. The first-order valence-electron chi connectivity index (χ1n) is 11.3. The number of fused-ring (bicyclic) bond motifs is 1. The molecule has 0 radical (unpaired) electrons. The molecule has 0 aliphatic carbocycles. The average molecular weight is 506 g/mol. The molecule has 1 amide bonds. The molecule has 35 heavy (non-hydrogen) atoms. The number of pyridine rings is 1. The third kappa shape index (κ3) is 4.67. The van der Waals surface area contributed by atoms with Crippen LogP contribution in [-0.4, -0.2) is 54.7 Å². The minimum Gasteiger partial charge on any atom is -0.336 e. The number of piperazine rings is 1. The van der Waals surface area contributed by atoms with E-state index in [0.717, 1.165) is 27.5 Å². The Morgan fingerprint density at radius 1 is 0.857 bits per heavy atom. The van der Waals surface area contributed by atoms with Crippen LogP contribution in [-0.2, 0) is 10.0 Å². The molecule has 1 aromatic heterocycles. The van der Waals surface area contributed by atoms with Crippen molar-refractivity contribution in [1.82, 2.24) is 14.2 Å². The summed E-state index contributed by atoms with van der Waals surface area (Å²) < 4.78 is 28.0. The number of benzene rings is 3. The molecule has 5 rings (SSSR count). The molecular formula is C27H24ClN3O3S. The smallest absolute Gasteiger partial charge is 0.253 e. The molecule has 0 unspecified atom stereocenters. The van der Waals surface area contributed by atoms with Gasteiger partial charge in [-0.3, -0.25) is 9.78 Å². The molecule has 0 N–H and O–H groups in total. The number of rotatable bonds is 4. The van der Waals surface area contributed by atoms with E-state index >= 15 is 0 Å². The van der Waals surface area contributed by atoms with Crippen molar-refractivity contribution in [1.29, 1.82) is 0 Å². The van der Waals surface area contributed by atoms with Gasteiger partial charge in [0.15, 0.2) is 0 Å². The van der Waals surface area contributed by atoms with E-state index in [9.17, 15) is 13.2 Å². The fraction of sp³-hybridized carbons (Fsp3) is 0.185. The summed E-state index contributed by atoms with van der Waals surface area (Å²) >= 11 is 6.04. The normalized spacial score (nSPS) is 14.9. The fourth-order valence-electron chi connectivity index (χ4n) is 4.47. The van der Waals surface area contributed by atoms with E-state index in [0.29, 0.717) is 23.7 Å². The van der Waals surface area contributed by atoms with Crippen molar-refractivity contribution in [3.05, 3.63) is 95.3 Å². The quantitative estimate of drug-likeness (QED) is 0.391. The van der Waals surface area contributed by atoms with Crippen LogP contribution < -0.4 is 0 Å².